The molecule has 1 N–H and O–H groups in total. The molecule has 0 saturated heterocycles. The zero-order valence-electron chi connectivity index (χ0n) is 13.2. The molecule has 6 heteroatoms. The molecule has 0 unspecified atom stereocenters. The largest absolute Gasteiger partial charge is 0.351 e. The Morgan fingerprint density at radius 3 is 2.71 bits per heavy atom. The van der Waals surface area contributed by atoms with Gasteiger partial charge >= 0.3 is 0 Å². The predicted octanol–water partition coefficient (Wildman–Crippen LogP) is 3.54. The number of thioether (sulfide) groups is 1. The molecule has 0 aliphatic rings. The number of thiophene rings is 1. The first-order chi connectivity index (χ1) is 11.8. The second-order valence-corrected chi connectivity index (χ2v) is 7.39. The predicted molar refractivity (Wildman–Crippen MR) is 100 cm³/mol. The highest BCUT2D eigenvalue weighted by atomic mass is 32.2. The molecule has 1 aromatic carbocycles. The van der Waals surface area contributed by atoms with Gasteiger partial charge in [-0.25, -0.2) is 0 Å². The van der Waals surface area contributed by atoms with Crippen LogP contribution in [0.5, 0.6) is 0 Å². The van der Waals surface area contributed by atoms with Gasteiger partial charge in [-0.15, -0.1) is 23.1 Å². The van der Waals surface area contributed by atoms with Gasteiger partial charge in [-0.1, -0.05) is 30.3 Å². The molecule has 24 heavy (non-hydrogen) atoms. The summed E-state index contributed by atoms with van der Waals surface area (Å²) in [5, 5.41) is 9.23. The van der Waals surface area contributed by atoms with Gasteiger partial charge in [-0.05, 0) is 28.6 Å². The monoisotopic (exact) mass is 357 g/mol. The fraction of sp³-hybridized carbons (Fsp3) is 0.222. The summed E-state index contributed by atoms with van der Waals surface area (Å²) in [7, 11) is 0. The lowest BCUT2D eigenvalue weighted by atomic mass is 10.1. The fourth-order valence-corrected chi connectivity index (χ4v) is 3.93. The van der Waals surface area contributed by atoms with Crippen molar-refractivity contribution in [1.82, 2.24) is 15.1 Å². The summed E-state index contributed by atoms with van der Waals surface area (Å²) in [6, 6.07) is 14.3. The summed E-state index contributed by atoms with van der Waals surface area (Å²) in [5.74, 6) is 1.47. The van der Waals surface area contributed by atoms with Gasteiger partial charge in [0.2, 0.25) is 5.91 Å². The second kappa shape index (κ2) is 8.70. The number of aromatic nitrogens is 2. The molecule has 0 aliphatic carbocycles. The van der Waals surface area contributed by atoms with Crippen LogP contribution in [0.4, 0.5) is 0 Å². The Morgan fingerprint density at radius 1 is 1.17 bits per heavy atom. The van der Waals surface area contributed by atoms with E-state index in [1.54, 1.807) is 29.3 Å². The van der Waals surface area contributed by atoms with Gasteiger partial charge < -0.3 is 5.32 Å². The topological polar surface area (TPSA) is 46.9 Å². The highest BCUT2D eigenvalue weighted by Crippen LogP contribution is 2.16. The lowest BCUT2D eigenvalue weighted by Crippen LogP contribution is -2.24. The SMILES string of the molecule is O=C(CSCc1cccs1)NCc1ccc(Cn2cccn2)cc1. The van der Waals surface area contributed by atoms with E-state index < -0.39 is 0 Å². The number of amides is 1. The number of benzene rings is 1. The normalized spacial score (nSPS) is 10.7. The van der Waals surface area contributed by atoms with Crippen LogP contribution in [0.2, 0.25) is 0 Å². The van der Waals surface area contributed by atoms with Crippen LogP contribution in [0.25, 0.3) is 0 Å². The zero-order chi connectivity index (χ0) is 16.6. The highest BCUT2D eigenvalue weighted by Gasteiger charge is 2.03. The standard InChI is InChI=1S/C18H19N3OS2/c22-18(14-23-13-17-3-1-10-24-17)19-11-15-4-6-16(7-5-15)12-21-9-2-8-20-21/h1-10H,11-14H2,(H,19,22). The molecule has 0 radical (unpaired) electrons. The minimum atomic E-state index is 0.0807. The summed E-state index contributed by atoms with van der Waals surface area (Å²) in [4.78, 5) is 13.2. The Bertz CT molecular complexity index is 737. The van der Waals surface area contributed by atoms with Crippen molar-refractivity contribution in [2.75, 3.05) is 5.75 Å². The summed E-state index contributed by atoms with van der Waals surface area (Å²) >= 11 is 3.38. The molecule has 0 saturated carbocycles. The molecule has 4 nitrogen and oxygen atoms in total. The Kier molecular flexibility index (Phi) is 6.09. The molecule has 0 bridgehead atoms. The molecular formula is C18H19N3OS2. The van der Waals surface area contributed by atoms with Crippen molar-refractivity contribution in [3.8, 4) is 0 Å². The summed E-state index contributed by atoms with van der Waals surface area (Å²) in [6.45, 7) is 1.33. The maximum atomic E-state index is 11.9. The molecule has 3 rings (SSSR count). The molecule has 3 aromatic rings. The van der Waals surface area contributed by atoms with E-state index >= 15 is 0 Å². The second-order valence-electron chi connectivity index (χ2n) is 5.37. The van der Waals surface area contributed by atoms with E-state index in [2.05, 4.69) is 46.1 Å². The third-order valence-corrected chi connectivity index (χ3v) is 5.51. The van der Waals surface area contributed by atoms with Crippen molar-refractivity contribution in [1.29, 1.82) is 0 Å². The van der Waals surface area contributed by atoms with E-state index in [9.17, 15) is 4.79 Å². The van der Waals surface area contributed by atoms with Gasteiger partial charge in [0, 0.05) is 29.6 Å². The van der Waals surface area contributed by atoms with Crippen molar-refractivity contribution in [3.63, 3.8) is 0 Å². The average Bonchev–Trinajstić information content (AvgIpc) is 3.28. The van der Waals surface area contributed by atoms with Crippen molar-refractivity contribution >= 4 is 29.0 Å². The average molecular weight is 358 g/mol. The van der Waals surface area contributed by atoms with Crippen molar-refractivity contribution in [2.24, 2.45) is 0 Å². The number of nitrogens with zero attached hydrogens (tertiary/aromatic N) is 2. The third kappa shape index (κ3) is 5.25. The number of rotatable bonds is 8. The van der Waals surface area contributed by atoms with Crippen LogP contribution in [0.1, 0.15) is 16.0 Å². The summed E-state index contributed by atoms with van der Waals surface area (Å²) in [5.41, 5.74) is 2.30. The Hall–Kier alpha value is -2.05. The number of hydrogen-bond donors (Lipinski definition) is 1. The first kappa shape index (κ1) is 16.8. The quantitative estimate of drug-likeness (QED) is 0.671. The van der Waals surface area contributed by atoms with Gasteiger partial charge in [0.15, 0.2) is 0 Å². The first-order valence-electron chi connectivity index (χ1n) is 7.72. The van der Waals surface area contributed by atoms with Gasteiger partial charge in [0.05, 0.1) is 12.3 Å². The minimum absolute atomic E-state index is 0.0807. The summed E-state index contributed by atoms with van der Waals surface area (Å²) < 4.78 is 1.89. The number of hydrogen-bond acceptors (Lipinski definition) is 4. The molecule has 0 fully saturated rings. The van der Waals surface area contributed by atoms with Gasteiger partial charge in [0.25, 0.3) is 0 Å². The Labute approximate surface area is 149 Å². The molecule has 2 heterocycles. The number of carbonyl (C=O) groups is 1. The van der Waals surface area contributed by atoms with Crippen LogP contribution in [-0.2, 0) is 23.6 Å². The molecule has 0 atom stereocenters. The van der Waals surface area contributed by atoms with E-state index in [1.807, 2.05) is 23.0 Å². The molecular weight excluding hydrogens is 338 g/mol. The summed E-state index contributed by atoms with van der Waals surface area (Å²) in [6.07, 6.45) is 3.72. The van der Waals surface area contributed by atoms with Crippen molar-refractivity contribution in [3.05, 3.63) is 76.2 Å². The van der Waals surface area contributed by atoms with Crippen molar-refractivity contribution in [2.45, 2.75) is 18.8 Å². The Morgan fingerprint density at radius 2 is 2.00 bits per heavy atom. The van der Waals surface area contributed by atoms with Gasteiger partial charge in [-0.3, -0.25) is 9.48 Å². The van der Waals surface area contributed by atoms with Crippen LogP contribution in [0, 0.1) is 0 Å². The Balaban J connectivity index is 1.38. The minimum Gasteiger partial charge on any atom is -0.351 e. The van der Waals surface area contributed by atoms with E-state index in [1.165, 1.54) is 10.4 Å². The number of carbonyl (C=O) groups excluding carboxylic acids is 1. The molecule has 124 valence electrons. The van der Waals surface area contributed by atoms with E-state index in [4.69, 9.17) is 0 Å². The lowest BCUT2D eigenvalue weighted by Gasteiger charge is -2.07. The smallest absolute Gasteiger partial charge is 0.230 e. The molecule has 1 amide bonds. The zero-order valence-corrected chi connectivity index (χ0v) is 14.9. The van der Waals surface area contributed by atoms with E-state index in [0.717, 1.165) is 17.9 Å². The molecule has 2 aromatic heterocycles. The number of nitrogens with one attached hydrogen (secondary N) is 1. The highest BCUT2D eigenvalue weighted by molar-refractivity contribution is 7.99. The maximum absolute atomic E-state index is 11.9. The molecule has 0 aliphatic heterocycles. The van der Waals surface area contributed by atoms with E-state index in [-0.39, 0.29) is 5.91 Å². The van der Waals surface area contributed by atoms with Crippen LogP contribution >= 0.6 is 23.1 Å². The van der Waals surface area contributed by atoms with Crippen LogP contribution in [-0.4, -0.2) is 21.4 Å². The van der Waals surface area contributed by atoms with E-state index in [0.29, 0.717) is 12.3 Å². The lowest BCUT2D eigenvalue weighted by molar-refractivity contribution is -0.118. The van der Waals surface area contributed by atoms with Crippen molar-refractivity contribution < 1.29 is 4.79 Å². The first-order valence-corrected chi connectivity index (χ1v) is 9.75. The fourth-order valence-electron chi connectivity index (χ4n) is 2.23. The van der Waals surface area contributed by atoms with Gasteiger partial charge in [0.1, 0.15) is 0 Å². The maximum Gasteiger partial charge on any atom is 0.230 e. The third-order valence-electron chi connectivity index (χ3n) is 3.47. The van der Waals surface area contributed by atoms with Gasteiger partial charge in [-0.2, -0.15) is 5.10 Å². The van der Waals surface area contributed by atoms with Crippen LogP contribution in [0.3, 0.4) is 0 Å². The van der Waals surface area contributed by atoms with Crippen LogP contribution < -0.4 is 5.32 Å². The molecule has 0 spiro atoms. The van der Waals surface area contributed by atoms with Crippen LogP contribution in [0.15, 0.2) is 60.2 Å².